The van der Waals surface area contributed by atoms with Gasteiger partial charge in [-0.25, -0.2) is 0 Å². The number of rotatable bonds is 3. The van der Waals surface area contributed by atoms with Gasteiger partial charge in [-0.15, -0.1) is 0 Å². The number of carbonyl (C=O) groups is 2. The quantitative estimate of drug-likeness (QED) is 0.453. The molecule has 2 saturated heterocycles. The van der Waals surface area contributed by atoms with Crippen molar-refractivity contribution in [3.05, 3.63) is 11.8 Å². The highest BCUT2D eigenvalue weighted by Crippen LogP contribution is 2.37. The van der Waals surface area contributed by atoms with Crippen molar-refractivity contribution in [3.8, 4) is 6.07 Å². The molecule has 0 saturated carbocycles. The summed E-state index contributed by atoms with van der Waals surface area (Å²) >= 11 is 0. The molecular weight excluding hydrogens is 284 g/mol. The predicted octanol–water partition coefficient (Wildman–Crippen LogP) is 0.0957. The van der Waals surface area contributed by atoms with Gasteiger partial charge < -0.3 is 4.74 Å². The Bertz CT molecular complexity index is 554. The Morgan fingerprint density at radius 1 is 1.45 bits per heavy atom. The number of nitrogens with zero attached hydrogens (tertiary/aromatic N) is 3. The number of morpholine rings is 1. The second-order valence-electron chi connectivity index (χ2n) is 5.89. The summed E-state index contributed by atoms with van der Waals surface area (Å²) in [5, 5.41) is 11.3. The van der Waals surface area contributed by atoms with Gasteiger partial charge in [-0.1, -0.05) is 13.8 Å². The lowest BCUT2D eigenvalue weighted by atomic mass is 9.70. The molecule has 1 N–H and O–H groups in total. The van der Waals surface area contributed by atoms with Crippen LogP contribution in [0.3, 0.4) is 0 Å². The highest BCUT2D eigenvalue weighted by atomic mass is 16.5. The number of hydrogen-bond acceptors (Lipinski definition) is 6. The number of nitrogens with one attached hydrogen (secondary N) is 1. The molecule has 7 nitrogen and oxygen atoms in total. The Morgan fingerprint density at radius 3 is 2.77 bits per heavy atom. The lowest BCUT2D eigenvalue weighted by molar-refractivity contribution is -0.135. The van der Waals surface area contributed by atoms with Crippen molar-refractivity contribution < 1.29 is 14.3 Å². The van der Waals surface area contributed by atoms with E-state index in [0.29, 0.717) is 12.1 Å². The van der Waals surface area contributed by atoms with E-state index in [-0.39, 0.29) is 0 Å². The van der Waals surface area contributed by atoms with Crippen molar-refractivity contribution in [2.75, 3.05) is 32.8 Å². The maximum Gasteiger partial charge on any atom is 0.255 e. The van der Waals surface area contributed by atoms with E-state index in [1.54, 1.807) is 20.1 Å². The Kier molecular flexibility index (Phi) is 5.06. The van der Waals surface area contributed by atoms with E-state index in [1.807, 2.05) is 6.07 Å². The fourth-order valence-corrected chi connectivity index (χ4v) is 2.55. The van der Waals surface area contributed by atoms with Gasteiger partial charge in [-0.3, -0.25) is 24.8 Å². The van der Waals surface area contributed by atoms with Gasteiger partial charge >= 0.3 is 0 Å². The maximum absolute atomic E-state index is 12.0. The molecule has 0 aromatic carbocycles. The Hall–Kier alpha value is -2.04. The Morgan fingerprint density at radius 2 is 2.14 bits per heavy atom. The molecule has 0 aromatic rings. The van der Waals surface area contributed by atoms with Crippen LogP contribution in [0.2, 0.25) is 0 Å². The first-order valence-electron chi connectivity index (χ1n) is 7.24. The Labute approximate surface area is 129 Å². The number of amides is 2. The largest absolute Gasteiger partial charge is 0.379 e. The van der Waals surface area contributed by atoms with Crippen molar-refractivity contribution in [3.63, 3.8) is 0 Å². The van der Waals surface area contributed by atoms with Crippen molar-refractivity contribution in [2.45, 2.75) is 13.8 Å². The van der Waals surface area contributed by atoms with Crippen LogP contribution in [0.15, 0.2) is 16.8 Å². The predicted molar refractivity (Wildman–Crippen MR) is 79.9 cm³/mol. The van der Waals surface area contributed by atoms with E-state index in [0.717, 1.165) is 26.3 Å². The molecule has 0 aliphatic carbocycles. The SMILES string of the molecule is CC1(C)C(=CN=CCN2CCOCC2)C(=O)NC(=O)C1C#N. The van der Waals surface area contributed by atoms with Gasteiger partial charge in [0.25, 0.3) is 5.91 Å². The fourth-order valence-electron chi connectivity index (χ4n) is 2.55. The van der Waals surface area contributed by atoms with Gasteiger partial charge in [-0.05, 0) is 0 Å². The molecule has 2 heterocycles. The maximum atomic E-state index is 12.0. The summed E-state index contributed by atoms with van der Waals surface area (Å²) < 4.78 is 5.26. The van der Waals surface area contributed by atoms with Crippen LogP contribution in [-0.4, -0.2) is 55.8 Å². The number of carbonyl (C=O) groups excluding carboxylic acids is 2. The zero-order valence-corrected chi connectivity index (χ0v) is 12.8. The summed E-state index contributed by atoms with van der Waals surface area (Å²) in [6.45, 7) is 7.25. The average Bonchev–Trinajstić information content (AvgIpc) is 2.47. The summed E-state index contributed by atoms with van der Waals surface area (Å²) in [6, 6.07) is 1.96. The molecule has 118 valence electrons. The van der Waals surface area contributed by atoms with E-state index >= 15 is 0 Å². The van der Waals surface area contributed by atoms with Gasteiger partial charge in [0.2, 0.25) is 5.91 Å². The first-order valence-corrected chi connectivity index (χ1v) is 7.24. The first-order chi connectivity index (χ1) is 10.5. The summed E-state index contributed by atoms with van der Waals surface area (Å²) in [4.78, 5) is 30.0. The van der Waals surface area contributed by atoms with E-state index in [2.05, 4.69) is 15.2 Å². The number of ether oxygens (including phenoxy) is 1. The molecule has 7 heteroatoms. The number of hydrogen-bond donors (Lipinski definition) is 1. The summed E-state index contributed by atoms with van der Waals surface area (Å²) in [6.07, 6.45) is 3.17. The minimum Gasteiger partial charge on any atom is -0.379 e. The fraction of sp³-hybridized carbons (Fsp3) is 0.600. The number of piperidine rings is 1. The molecule has 2 rings (SSSR count). The molecule has 2 fully saturated rings. The zero-order chi connectivity index (χ0) is 16.2. The summed E-state index contributed by atoms with van der Waals surface area (Å²) in [7, 11) is 0. The van der Waals surface area contributed by atoms with Crippen LogP contribution in [-0.2, 0) is 14.3 Å². The van der Waals surface area contributed by atoms with Crippen LogP contribution >= 0.6 is 0 Å². The van der Waals surface area contributed by atoms with Crippen LogP contribution in [0.25, 0.3) is 0 Å². The van der Waals surface area contributed by atoms with Crippen molar-refractivity contribution in [2.24, 2.45) is 16.3 Å². The van der Waals surface area contributed by atoms with Crippen LogP contribution < -0.4 is 5.32 Å². The molecule has 22 heavy (non-hydrogen) atoms. The molecule has 0 aromatic heterocycles. The van der Waals surface area contributed by atoms with Crippen molar-refractivity contribution >= 4 is 18.0 Å². The molecule has 2 amide bonds. The second kappa shape index (κ2) is 6.81. The summed E-state index contributed by atoms with van der Waals surface area (Å²) in [5.74, 6) is -1.93. The number of nitriles is 1. The minimum absolute atomic E-state index is 0.344. The van der Waals surface area contributed by atoms with Gasteiger partial charge in [-0.2, -0.15) is 5.26 Å². The van der Waals surface area contributed by atoms with Crippen LogP contribution in [0, 0.1) is 22.7 Å². The van der Waals surface area contributed by atoms with E-state index in [4.69, 9.17) is 10.00 Å². The van der Waals surface area contributed by atoms with Gasteiger partial charge in [0, 0.05) is 43.0 Å². The number of imide groups is 1. The standard InChI is InChI=1S/C15H20N4O3/c1-15(2)11(9-16)13(20)18-14(21)12(15)10-17-3-4-19-5-7-22-8-6-19/h3,10-11H,4-8H2,1-2H3,(H,18,20,21). The van der Waals surface area contributed by atoms with Crippen LogP contribution in [0.4, 0.5) is 0 Å². The molecule has 1 unspecified atom stereocenters. The third-order valence-electron chi connectivity index (χ3n) is 4.04. The highest BCUT2D eigenvalue weighted by molar-refractivity contribution is 6.10. The van der Waals surface area contributed by atoms with Gasteiger partial charge in [0.05, 0.1) is 19.3 Å². The normalized spacial score (nSPS) is 27.9. The first kappa shape index (κ1) is 16.3. The van der Waals surface area contributed by atoms with Gasteiger partial charge in [0.15, 0.2) is 0 Å². The number of aliphatic imine (C=N–C) groups is 1. The summed E-state index contributed by atoms with van der Waals surface area (Å²) in [5.41, 5.74) is -0.512. The molecule has 0 radical (unpaired) electrons. The highest BCUT2D eigenvalue weighted by Gasteiger charge is 2.46. The van der Waals surface area contributed by atoms with Crippen molar-refractivity contribution in [1.29, 1.82) is 5.26 Å². The smallest absolute Gasteiger partial charge is 0.255 e. The minimum atomic E-state index is -0.897. The molecule has 2 aliphatic rings. The van der Waals surface area contributed by atoms with Crippen LogP contribution in [0.5, 0.6) is 0 Å². The topological polar surface area (TPSA) is 94.8 Å². The molecule has 0 spiro atoms. The lowest BCUT2D eigenvalue weighted by Crippen LogP contribution is -2.51. The molecular formula is C15H20N4O3. The van der Waals surface area contributed by atoms with Gasteiger partial charge in [0.1, 0.15) is 5.92 Å². The lowest BCUT2D eigenvalue weighted by Gasteiger charge is -2.34. The monoisotopic (exact) mass is 304 g/mol. The second-order valence-corrected chi connectivity index (χ2v) is 5.89. The third-order valence-corrected chi connectivity index (χ3v) is 4.04. The average molecular weight is 304 g/mol. The molecule has 1 atom stereocenters. The van der Waals surface area contributed by atoms with Crippen LogP contribution in [0.1, 0.15) is 13.8 Å². The van der Waals surface area contributed by atoms with E-state index < -0.39 is 23.1 Å². The molecule has 2 aliphatic heterocycles. The zero-order valence-electron chi connectivity index (χ0n) is 12.8. The molecule has 0 bridgehead atoms. The van der Waals surface area contributed by atoms with E-state index in [9.17, 15) is 9.59 Å². The van der Waals surface area contributed by atoms with E-state index in [1.165, 1.54) is 6.20 Å². The third kappa shape index (κ3) is 3.40. The van der Waals surface area contributed by atoms with Crippen molar-refractivity contribution in [1.82, 2.24) is 10.2 Å². The Balaban J connectivity index is 2.06.